The number of halogens is 1. The SMILES string of the molecule is CCCCNC(=O)[C@@H](CC)N(Cc1ccc(OC)cc1)C(=O)COc1ccc(Cl)c(C)c1. The van der Waals surface area contributed by atoms with Gasteiger partial charge in [0.15, 0.2) is 6.61 Å². The first-order valence-corrected chi connectivity index (χ1v) is 11.4. The van der Waals surface area contributed by atoms with Gasteiger partial charge in [0.25, 0.3) is 5.91 Å². The van der Waals surface area contributed by atoms with E-state index in [-0.39, 0.29) is 18.4 Å². The Morgan fingerprint density at radius 1 is 1.09 bits per heavy atom. The molecule has 0 aliphatic heterocycles. The molecule has 0 aliphatic rings. The van der Waals surface area contributed by atoms with Crippen LogP contribution in [-0.2, 0) is 16.1 Å². The summed E-state index contributed by atoms with van der Waals surface area (Å²) in [5.74, 6) is 0.888. The number of carbonyl (C=O) groups is 2. The van der Waals surface area contributed by atoms with Crippen LogP contribution in [0.3, 0.4) is 0 Å². The summed E-state index contributed by atoms with van der Waals surface area (Å²) >= 11 is 6.07. The third-order valence-electron chi connectivity index (χ3n) is 5.22. The van der Waals surface area contributed by atoms with Gasteiger partial charge in [0, 0.05) is 18.1 Å². The van der Waals surface area contributed by atoms with E-state index in [4.69, 9.17) is 21.1 Å². The van der Waals surface area contributed by atoms with Gasteiger partial charge < -0.3 is 19.7 Å². The predicted octanol–water partition coefficient (Wildman–Crippen LogP) is 4.76. The molecular weight excluding hydrogens is 428 g/mol. The summed E-state index contributed by atoms with van der Waals surface area (Å²) in [6, 6.07) is 12.1. The number of methoxy groups -OCH3 is 1. The van der Waals surface area contributed by atoms with Gasteiger partial charge in [0.1, 0.15) is 17.5 Å². The topological polar surface area (TPSA) is 67.9 Å². The molecule has 0 fully saturated rings. The second-order valence-electron chi connectivity index (χ2n) is 7.64. The van der Waals surface area contributed by atoms with Crippen molar-refractivity contribution in [2.75, 3.05) is 20.3 Å². The van der Waals surface area contributed by atoms with E-state index in [1.807, 2.05) is 38.1 Å². The lowest BCUT2D eigenvalue weighted by Gasteiger charge is -2.30. The molecule has 0 saturated carbocycles. The Bertz CT molecular complexity index is 886. The van der Waals surface area contributed by atoms with Crippen LogP contribution in [0.25, 0.3) is 0 Å². The molecule has 174 valence electrons. The zero-order valence-corrected chi connectivity index (χ0v) is 20.1. The average molecular weight is 461 g/mol. The summed E-state index contributed by atoms with van der Waals surface area (Å²) in [4.78, 5) is 27.7. The Morgan fingerprint density at radius 2 is 1.78 bits per heavy atom. The highest BCUT2D eigenvalue weighted by Crippen LogP contribution is 2.22. The van der Waals surface area contributed by atoms with Crippen LogP contribution in [0.1, 0.15) is 44.2 Å². The number of nitrogens with zero attached hydrogens (tertiary/aromatic N) is 1. The van der Waals surface area contributed by atoms with Crippen molar-refractivity contribution >= 4 is 23.4 Å². The average Bonchev–Trinajstić information content (AvgIpc) is 2.80. The summed E-state index contributed by atoms with van der Waals surface area (Å²) in [6.45, 7) is 6.57. The van der Waals surface area contributed by atoms with Crippen LogP contribution in [0.15, 0.2) is 42.5 Å². The molecule has 2 aromatic rings. The number of aryl methyl sites for hydroxylation is 1. The molecule has 2 aromatic carbocycles. The Morgan fingerprint density at radius 3 is 2.38 bits per heavy atom. The number of ether oxygens (including phenoxy) is 2. The van der Waals surface area contributed by atoms with Gasteiger partial charge in [-0.2, -0.15) is 0 Å². The molecule has 6 nitrogen and oxygen atoms in total. The molecule has 0 heterocycles. The lowest BCUT2D eigenvalue weighted by atomic mass is 10.1. The van der Waals surface area contributed by atoms with Crippen LogP contribution >= 0.6 is 11.6 Å². The van der Waals surface area contributed by atoms with E-state index in [2.05, 4.69) is 12.2 Å². The van der Waals surface area contributed by atoms with Gasteiger partial charge in [0.2, 0.25) is 5.91 Å². The molecule has 1 N–H and O–H groups in total. The molecule has 7 heteroatoms. The Kier molecular flexibility index (Phi) is 10.3. The van der Waals surface area contributed by atoms with Crippen LogP contribution < -0.4 is 14.8 Å². The van der Waals surface area contributed by atoms with Gasteiger partial charge in [-0.25, -0.2) is 0 Å². The monoisotopic (exact) mass is 460 g/mol. The number of amides is 2. The van der Waals surface area contributed by atoms with E-state index in [0.29, 0.717) is 30.3 Å². The molecule has 0 saturated heterocycles. The number of unbranched alkanes of at least 4 members (excludes halogenated alkanes) is 1. The van der Waals surface area contributed by atoms with Crippen molar-refractivity contribution in [3.05, 3.63) is 58.6 Å². The van der Waals surface area contributed by atoms with Crippen molar-refractivity contribution in [3.63, 3.8) is 0 Å². The summed E-state index contributed by atoms with van der Waals surface area (Å²) in [5.41, 5.74) is 1.77. The van der Waals surface area contributed by atoms with Gasteiger partial charge >= 0.3 is 0 Å². The van der Waals surface area contributed by atoms with Gasteiger partial charge in [0.05, 0.1) is 7.11 Å². The molecule has 0 spiro atoms. The van der Waals surface area contributed by atoms with E-state index in [0.717, 1.165) is 29.7 Å². The zero-order valence-electron chi connectivity index (χ0n) is 19.3. The van der Waals surface area contributed by atoms with Gasteiger partial charge in [-0.1, -0.05) is 44.0 Å². The molecule has 0 radical (unpaired) electrons. The van der Waals surface area contributed by atoms with Gasteiger partial charge in [-0.3, -0.25) is 9.59 Å². The number of carbonyl (C=O) groups excluding carboxylic acids is 2. The Labute approximate surface area is 195 Å². The molecular formula is C25H33ClN2O4. The summed E-state index contributed by atoms with van der Waals surface area (Å²) in [5, 5.41) is 3.59. The number of hydrogen-bond donors (Lipinski definition) is 1. The molecule has 1 atom stereocenters. The summed E-state index contributed by atoms with van der Waals surface area (Å²) in [7, 11) is 1.61. The highest BCUT2D eigenvalue weighted by Gasteiger charge is 2.28. The van der Waals surface area contributed by atoms with Crippen LogP contribution in [0.5, 0.6) is 11.5 Å². The molecule has 0 aromatic heterocycles. The maximum atomic E-state index is 13.2. The van der Waals surface area contributed by atoms with E-state index < -0.39 is 6.04 Å². The molecule has 0 bridgehead atoms. The molecule has 0 unspecified atom stereocenters. The van der Waals surface area contributed by atoms with Gasteiger partial charge in [-0.15, -0.1) is 0 Å². The first kappa shape index (κ1) is 25.5. The first-order valence-electron chi connectivity index (χ1n) is 11.0. The van der Waals surface area contributed by atoms with Crippen molar-refractivity contribution in [2.24, 2.45) is 0 Å². The Hall–Kier alpha value is -2.73. The van der Waals surface area contributed by atoms with E-state index in [1.165, 1.54) is 0 Å². The standard InChI is InChI=1S/C25H33ClN2O4/c1-5-7-14-27-25(30)23(6-2)28(16-19-8-10-20(31-4)11-9-19)24(29)17-32-21-12-13-22(26)18(3)15-21/h8-13,15,23H,5-7,14,16-17H2,1-4H3,(H,27,30)/t23-/m1/s1. The van der Waals surface area contributed by atoms with E-state index in [9.17, 15) is 9.59 Å². The predicted molar refractivity (Wildman–Crippen MR) is 127 cm³/mol. The molecule has 2 amide bonds. The Balaban J connectivity index is 2.18. The number of benzene rings is 2. The second-order valence-corrected chi connectivity index (χ2v) is 8.05. The fraction of sp³-hybridized carbons (Fsp3) is 0.440. The summed E-state index contributed by atoms with van der Waals surface area (Å²) < 4.78 is 10.9. The summed E-state index contributed by atoms with van der Waals surface area (Å²) in [6.07, 6.45) is 2.38. The molecule has 32 heavy (non-hydrogen) atoms. The van der Waals surface area contributed by atoms with Crippen molar-refractivity contribution < 1.29 is 19.1 Å². The lowest BCUT2D eigenvalue weighted by molar-refractivity contribution is -0.143. The number of nitrogens with one attached hydrogen (secondary N) is 1. The second kappa shape index (κ2) is 13.0. The van der Waals surface area contributed by atoms with E-state index >= 15 is 0 Å². The van der Waals surface area contributed by atoms with E-state index in [1.54, 1.807) is 30.2 Å². The smallest absolute Gasteiger partial charge is 0.261 e. The zero-order chi connectivity index (χ0) is 23.5. The van der Waals surface area contributed by atoms with Crippen molar-refractivity contribution in [1.82, 2.24) is 10.2 Å². The van der Waals surface area contributed by atoms with Crippen LogP contribution in [0.2, 0.25) is 5.02 Å². The largest absolute Gasteiger partial charge is 0.497 e. The maximum Gasteiger partial charge on any atom is 0.261 e. The van der Waals surface area contributed by atoms with Crippen molar-refractivity contribution in [2.45, 2.75) is 52.6 Å². The van der Waals surface area contributed by atoms with Crippen molar-refractivity contribution in [1.29, 1.82) is 0 Å². The normalized spacial score (nSPS) is 11.5. The minimum atomic E-state index is -0.586. The third-order valence-corrected chi connectivity index (χ3v) is 5.64. The maximum absolute atomic E-state index is 13.2. The number of rotatable bonds is 12. The van der Waals surface area contributed by atoms with Crippen LogP contribution in [0.4, 0.5) is 0 Å². The first-order chi connectivity index (χ1) is 15.4. The fourth-order valence-corrected chi connectivity index (χ4v) is 3.41. The highest BCUT2D eigenvalue weighted by atomic mass is 35.5. The minimum Gasteiger partial charge on any atom is -0.497 e. The quantitative estimate of drug-likeness (QED) is 0.464. The lowest BCUT2D eigenvalue weighted by Crippen LogP contribution is -2.50. The highest BCUT2D eigenvalue weighted by molar-refractivity contribution is 6.31. The molecule has 0 aliphatic carbocycles. The van der Waals surface area contributed by atoms with Crippen molar-refractivity contribution in [3.8, 4) is 11.5 Å². The minimum absolute atomic E-state index is 0.148. The van der Waals surface area contributed by atoms with Crippen LogP contribution in [-0.4, -0.2) is 43.0 Å². The molecule has 2 rings (SSSR count). The van der Waals surface area contributed by atoms with Crippen LogP contribution in [0, 0.1) is 6.92 Å². The third kappa shape index (κ3) is 7.45. The van der Waals surface area contributed by atoms with Gasteiger partial charge in [-0.05, 0) is 61.2 Å². The number of hydrogen-bond acceptors (Lipinski definition) is 4. The fourth-order valence-electron chi connectivity index (χ4n) is 3.29.